The first kappa shape index (κ1) is 17.1. The molecule has 0 aromatic heterocycles. The molecule has 0 aliphatic rings. The van der Waals surface area contributed by atoms with Crippen molar-refractivity contribution in [1.82, 2.24) is 0 Å². The molecule has 0 saturated carbocycles. The SMILES string of the molecule is COC[C@H](OP(=O)(O)OP(=O)(O)O)[C@H](O)CO. The fourth-order valence-corrected chi connectivity index (χ4v) is 2.59. The molecule has 10 nitrogen and oxygen atoms in total. The van der Waals surface area contributed by atoms with Crippen LogP contribution >= 0.6 is 15.6 Å². The van der Waals surface area contributed by atoms with Gasteiger partial charge in [-0.3, -0.25) is 4.52 Å². The molecular weight excluding hydrogens is 282 g/mol. The lowest BCUT2D eigenvalue weighted by Crippen LogP contribution is -2.35. The van der Waals surface area contributed by atoms with E-state index in [0.29, 0.717) is 0 Å². The first-order valence-corrected chi connectivity index (χ1v) is 7.20. The number of ether oxygens (including phenoxy) is 1. The van der Waals surface area contributed by atoms with Crippen LogP contribution in [0.4, 0.5) is 0 Å². The van der Waals surface area contributed by atoms with Gasteiger partial charge in [0, 0.05) is 7.11 Å². The van der Waals surface area contributed by atoms with Crippen LogP contribution in [0.1, 0.15) is 0 Å². The zero-order valence-electron chi connectivity index (χ0n) is 8.74. The van der Waals surface area contributed by atoms with E-state index in [-0.39, 0.29) is 0 Å². The van der Waals surface area contributed by atoms with Crippen LogP contribution in [-0.2, 0) is 22.7 Å². The second-order valence-electron chi connectivity index (χ2n) is 2.89. The van der Waals surface area contributed by atoms with Crippen molar-refractivity contribution in [3.63, 3.8) is 0 Å². The Hall–Kier alpha value is 0.140. The van der Waals surface area contributed by atoms with Crippen molar-refractivity contribution in [2.75, 3.05) is 20.3 Å². The van der Waals surface area contributed by atoms with E-state index in [1.807, 2.05) is 0 Å². The molecule has 0 saturated heterocycles. The summed E-state index contributed by atoms with van der Waals surface area (Å²) in [4.78, 5) is 25.6. The lowest BCUT2D eigenvalue weighted by molar-refractivity contribution is -0.0453. The summed E-state index contributed by atoms with van der Waals surface area (Å²) in [7, 11) is -9.12. The normalized spacial score (nSPS) is 19.6. The Labute approximate surface area is 96.6 Å². The van der Waals surface area contributed by atoms with Gasteiger partial charge < -0.3 is 29.6 Å². The smallest absolute Gasteiger partial charge is 0.394 e. The summed E-state index contributed by atoms with van der Waals surface area (Å²) in [6.07, 6.45) is -3.05. The summed E-state index contributed by atoms with van der Waals surface area (Å²) in [5.74, 6) is 0. The number of phosphoric acid groups is 2. The average Bonchev–Trinajstić information content (AvgIpc) is 2.11. The molecule has 12 heteroatoms. The highest BCUT2D eigenvalue weighted by molar-refractivity contribution is 7.60. The first-order valence-electron chi connectivity index (χ1n) is 4.17. The van der Waals surface area contributed by atoms with Crippen molar-refractivity contribution in [3.8, 4) is 0 Å². The number of aliphatic hydroxyl groups is 2. The monoisotopic (exact) mass is 296 g/mol. The van der Waals surface area contributed by atoms with Gasteiger partial charge >= 0.3 is 15.6 Å². The van der Waals surface area contributed by atoms with Crippen molar-refractivity contribution in [2.45, 2.75) is 12.2 Å². The minimum absolute atomic E-state index is 0.392. The Morgan fingerprint density at radius 3 is 2.12 bits per heavy atom. The molecule has 0 aromatic rings. The molecule has 0 amide bonds. The maximum absolute atomic E-state index is 11.1. The van der Waals surface area contributed by atoms with E-state index in [4.69, 9.17) is 19.8 Å². The Morgan fingerprint density at radius 2 is 1.76 bits per heavy atom. The lowest BCUT2D eigenvalue weighted by atomic mass is 10.2. The van der Waals surface area contributed by atoms with E-state index in [0.717, 1.165) is 0 Å². The van der Waals surface area contributed by atoms with Gasteiger partial charge in [0.25, 0.3) is 0 Å². The predicted molar refractivity (Wildman–Crippen MR) is 52.8 cm³/mol. The highest BCUT2D eigenvalue weighted by Crippen LogP contribution is 2.58. The van der Waals surface area contributed by atoms with Gasteiger partial charge in [0.2, 0.25) is 0 Å². The summed E-state index contributed by atoms with van der Waals surface area (Å²) in [6, 6.07) is 0. The number of aliphatic hydroxyl groups excluding tert-OH is 2. The Kier molecular flexibility index (Phi) is 6.97. The summed E-state index contributed by atoms with van der Waals surface area (Å²) in [5, 5.41) is 17.8. The van der Waals surface area contributed by atoms with Crippen molar-refractivity contribution in [3.05, 3.63) is 0 Å². The summed E-state index contributed by atoms with van der Waals surface area (Å²) < 4.78 is 33.7. The van der Waals surface area contributed by atoms with Crippen LogP contribution in [-0.4, -0.2) is 57.4 Å². The molecule has 3 atom stereocenters. The van der Waals surface area contributed by atoms with Gasteiger partial charge in [-0.15, -0.1) is 0 Å². The molecule has 0 aliphatic heterocycles. The zero-order chi connectivity index (χ0) is 13.7. The van der Waals surface area contributed by atoms with E-state index in [1.165, 1.54) is 7.11 Å². The van der Waals surface area contributed by atoms with Gasteiger partial charge in [-0.25, -0.2) is 9.13 Å². The summed E-state index contributed by atoms with van der Waals surface area (Å²) in [5.41, 5.74) is 0. The number of phosphoric ester groups is 1. The Bertz CT molecular complexity index is 312. The van der Waals surface area contributed by atoms with Crippen molar-refractivity contribution in [2.24, 2.45) is 0 Å². The fraction of sp³-hybridized carbons (Fsp3) is 1.00. The molecule has 104 valence electrons. The quantitative estimate of drug-likeness (QED) is 0.336. The molecule has 0 radical (unpaired) electrons. The first-order chi connectivity index (χ1) is 7.61. The third-order valence-corrected chi connectivity index (χ3v) is 3.64. The van der Waals surface area contributed by atoms with E-state index in [9.17, 15) is 14.2 Å². The third kappa shape index (κ3) is 7.96. The van der Waals surface area contributed by atoms with Crippen molar-refractivity contribution >= 4 is 15.6 Å². The number of methoxy groups -OCH3 is 1. The molecule has 17 heavy (non-hydrogen) atoms. The Balaban J connectivity index is 4.63. The minimum Gasteiger partial charge on any atom is -0.394 e. The van der Waals surface area contributed by atoms with Gasteiger partial charge in [0.15, 0.2) is 0 Å². The molecule has 1 unspecified atom stereocenters. The highest BCUT2D eigenvalue weighted by Gasteiger charge is 2.37. The lowest BCUT2D eigenvalue weighted by Gasteiger charge is -2.23. The molecule has 0 bridgehead atoms. The number of hydrogen-bond donors (Lipinski definition) is 5. The van der Waals surface area contributed by atoms with Crippen LogP contribution in [0.5, 0.6) is 0 Å². The van der Waals surface area contributed by atoms with Crippen LogP contribution in [0.25, 0.3) is 0 Å². The van der Waals surface area contributed by atoms with E-state index in [2.05, 4.69) is 13.6 Å². The van der Waals surface area contributed by atoms with Crippen LogP contribution in [0.2, 0.25) is 0 Å². The minimum atomic E-state index is -5.22. The zero-order valence-corrected chi connectivity index (χ0v) is 10.5. The largest absolute Gasteiger partial charge is 0.481 e. The Morgan fingerprint density at radius 1 is 1.24 bits per heavy atom. The van der Waals surface area contributed by atoms with Gasteiger partial charge in [-0.2, -0.15) is 4.31 Å². The summed E-state index contributed by atoms with van der Waals surface area (Å²) in [6.45, 7) is -1.19. The maximum Gasteiger partial charge on any atom is 0.481 e. The van der Waals surface area contributed by atoms with E-state index < -0.39 is 41.1 Å². The van der Waals surface area contributed by atoms with Crippen molar-refractivity contribution in [1.29, 1.82) is 0 Å². The van der Waals surface area contributed by atoms with Crippen LogP contribution in [0.15, 0.2) is 0 Å². The second kappa shape index (κ2) is 6.91. The van der Waals surface area contributed by atoms with Gasteiger partial charge in [0.05, 0.1) is 13.2 Å². The van der Waals surface area contributed by atoms with Crippen LogP contribution in [0, 0.1) is 0 Å². The predicted octanol–water partition coefficient (Wildman–Crippen LogP) is -1.42. The second-order valence-corrected chi connectivity index (χ2v) is 5.67. The van der Waals surface area contributed by atoms with Crippen molar-refractivity contribution < 1.29 is 47.6 Å². The van der Waals surface area contributed by atoms with Gasteiger partial charge in [-0.05, 0) is 0 Å². The third-order valence-electron chi connectivity index (χ3n) is 1.43. The molecule has 0 heterocycles. The maximum atomic E-state index is 11.1. The van der Waals surface area contributed by atoms with Gasteiger partial charge in [-0.1, -0.05) is 0 Å². The number of rotatable bonds is 8. The molecule has 0 rings (SSSR count). The average molecular weight is 296 g/mol. The highest BCUT2D eigenvalue weighted by atomic mass is 31.3. The van der Waals surface area contributed by atoms with Crippen LogP contribution in [0.3, 0.4) is 0 Å². The van der Waals surface area contributed by atoms with Gasteiger partial charge in [0.1, 0.15) is 12.2 Å². The fourth-order valence-electron chi connectivity index (χ4n) is 0.818. The molecule has 0 aromatic carbocycles. The van der Waals surface area contributed by atoms with Crippen LogP contribution < -0.4 is 0 Å². The topological polar surface area (TPSA) is 163 Å². The molecule has 5 N–H and O–H groups in total. The molecular formula is C5H14O10P2. The molecule has 0 aliphatic carbocycles. The number of hydrogen-bond acceptors (Lipinski definition) is 7. The van der Waals surface area contributed by atoms with E-state index >= 15 is 0 Å². The molecule has 0 fully saturated rings. The van der Waals surface area contributed by atoms with E-state index in [1.54, 1.807) is 0 Å². The molecule has 0 spiro atoms. The standard InChI is InChI=1S/C5H14O10P2/c1-13-3-5(4(7)2-6)14-17(11,12)15-16(8,9)10/h4-7H,2-3H2,1H3,(H,11,12)(H2,8,9,10)/t4-,5+/m1/s1. The summed E-state index contributed by atoms with van der Waals surface area (Å²) >= 11 is 0.